The molecule has 0 unspecified atom stereocenters. The molecule has 0 aliphatic heterocycles. The first kappa shape index (κ1) is 6.41. The molecule has 0 rings (SSSR count). The van der Waals surface area contributed by atoms with Crippen LogP contribution in [-0.2, 0) is 0 Å². The maximum absolute atomic E-state index is 11.9. The van der Waals surface area contributed by atoms with Crippen molar-refractivity contribution in [1.29, 1.82) is 0 Å². The van der Waals surface area contributed by atoms with Gasteiger partial charge in [0.25, 0.3) is 0 Å². The van der Waals surface area contributed by atoms with Gasteiger partial charge in [-0.1, -0.05) is 12.2 Å². The highest BCUT2D eigenvalue weighted by Crippen LogP contribution is 1.95. The van der Waals surface area contributed by atoms with E-state index in [1.54, 1.807) is 19.9 Å². The lowest BCUT2D eigenvalue weighted by atomic mass is 10.4. The molecule has 0 aliphatic carbocycles. The zero-order valence-electron chi connectivity index (χ0n) is 4.61. The van der Waals surface area contributed by atoms with Crippen LogP contribution in [0.2, 0.25) is 0 Å². The molecular formula is C6H9F. The smallest absolute Gasteiger partial charge is 0.118 e. The van der Waals surface area contributed by atoms with Crippen LogP contribution in [0.4, 0.5) is 4.39 Å². The molecule has 40 valence electrons. The minimum Gasteiger partial charge on any atom is -0.207 e. The monoisotopic (exact) mass is 100 g/mol. The summed E-state index contributed by atoms with van der Waals surface area (Å²) >= 11 is 0. The van der Waals surface area contributed by atoms with Crippen LogP contribution in [0.15, 0.2) is 24.1 Å². The van der Waals surface area contributed by atoms with E-state index in [4.69, 9.17) is 0 Å². The van der Waals surface area contributed by atoms with Gasteiger partial charge in [0.15, 0.2) is 0 Å². The van der Waals surface area contributed by atoms with E-state index in [0.717, 1.165) is 0 Å². The normalized spacial score (nSPS) is 13.3. The fraction of sp³-hybridized carbons (Fsp3) is 0.333. The Morgan fingerprint density at radius 3 is 2.14 bits per heavy atom. The number of allylic oxidation sites excluding steroid dienone is 4. The van der Waals surface area contributed by atoms with Gasteiger partial charge in [-0.05, 0) is 19.9 Å². The molecule has 0 bridgehead atoms. The fourth-order valence-corrected chi connectivity index (χ4v) is 0.255. The highest BCUT2D eigenvalue weighted by atomic mass is 19.1. The van der Waals surface area contributed by atoms with Gasteiger partial charge < -0.3 is 0 Å². The third kappa shape index (κ3) is 3.23. The largest absolute Gasteiger partial charge is 0.207 e. The average Bonchev–Trinajstić information content (AvgIpc) is 1.68. The molecule has 0 aromatic rings. The maximum atomic E-state index is 11.9. The molecule has 0 spiro atoms. The van der Waals surface area contributed by atoms with Gasteiger partial charge in [0.2, 0.25) is 0 Å². The number of rotatable bonds is 1. The van der Waals surface area contributed by atoms with Gasteiger partial charge >= 0.3 is 0 Å². The topological polar surface area (TPSA) is 0 Å². The molecule has 0 radical (unpaired) electrons. The van der Waals surface area contributed by atoms with E-state index in [0.29, 0.717) is 0 Å². The zero-order chi connectivity index (χ0) is 5.70. The summed E-state index contributed by atoms with van der Waals surface area (Å²) in [6, 6.07) is 0. The molecule has 1 heteroatoms. The fourth-order valence-electron chi connectivity index (χ4n) is 0.255. The van der Waals surface area contributed by atoms with Crippen molar-refractivity contribution in [3.05, 3.63) is 24.1 Å². The minimum atomic E-state index is -0.178. The standard InChI is InChI=1S/C6H9F/c1-3-5-6(7)4-2/h3-5H,1-2H3. The van der Waals surface area contributed by atoms with Gasteiger partial charge in [-0.15, -0.1) is 0 Å². The first-order valence-electron chi connectivity index (χ1n) is 2.25. The molecule has 0 saturated heterocycles. The van der Waals surface area contributed by atoms with Crippen molar-refractivity contribution in [1.82, 2.24) is 0 Å². The van der Waals surface area contributed by atoms with Gasteiger partial charge in [-0.3, -0.25) is 0 Å². The summed E-state index contributed by atoms with van der Waals surface area (Å²) in [5.74, 6) is -0.178. The molecule has 0 fully saturated rings. The number of hydrogen-bond acceptors (Lipinski definition) is 0. The lowest BCUT2D eigenvalue weighted by Crippen LogP contribution is -1.57. The Bertz CT molecular complexity index is 90.4. The summed E-state index contributed by atoms with van der Waals surface area (Å²) in [5.41, 5.74) is 0. The third-order valence-electron chi connectivity index (χ3n) is 0.602. The maximum Gasteiger partial charge on any atom is 0.118 e. The Morgan fingerprint density at radius 1 is 1.43 bits per heavy atom. The van der Waals surface area contributed by atoms with Crippen molar-refractivity contribution in [2.75, 3.05) is 0 Å². The van der Waals surface area contributed by atoms with E-state index < -0.39 is 0 Å². The Kier molecular flexibility index (Phi) is 3.29. The van der Waals surface area contributed by atoms with Crippen molar-refractivity contribution in [2.45, 2.75) is 13.8 Å². The summed E-state index contributed by atoms with van der Waals surface area (Å²) in [6.45, 7) is 3.44. The second-order valence-corrected chi connectivity index (χ2v) is 1.17. The van der Waals surface area contributed by atoms with E-state index in [1.165, 1.54) is 12.2 Å². The van der Waals surface area contributed by atoms with Crippen LogP contribution in [0, 0.1) is 0 Å². The Labute approximate surface area is 43.4 Å². The average molecular weight is 100 g/mol. The quantitative estimate of drug-likeness (QED) is 0.444. The molecule has 0 amide bonds. The lowest BCUT2D eigenvalue weighted by molar-refractivity contribution is 0.664. The van der Waals surface area contributed by atoms with Gasteiger partial charge in [0.1, 0.15) is 5.83 Å². The van der Waals surface area contributed by atoms with E-state index >= 15 is 0 Å². The second-order valence-electron chi connectivity index (χ2n) is 1.17. The molecule has 0 saturated carbocycles. The van der Waals surface area contributed by atoms with E-state index in [1.807, 2.05) is 0 Å². The summed E-state index contributed by atoms with van der Waals surface area (Å²) < 4.78 is 11.9. The molecule has 0 atom stereocenters. The zero-order valence-corrected chi connectivity index (χ0v) is 4.61. The van der Waals surface area contributed by atoms with Gasteiger partial charge in [0.05, 0.1) is 0 Å². The van der Waals surface area contributed by atoms with Crippen molar-refractivity contribution < 1.29 is 4.39 Å². The molecular weight excluding hydrogens is 91.1 g/mol. The summed E-state index contributed by atoms with van der Waals surface area (Å²) in [7, 11) is 0. The Hall–Kier alpha value is -0.590. The van der Waals surface area contributed by atoms with Crippen LogP contribution in [0.25, 0.3) is 0 Å². The lowest BCUT2D eigenvalue weighted by Gasteiger charge is -1.76. The predicted octanol–water partition coefficient (Wildman–Crippen LogP) is 2.44. The third-order valence-corrected chi connectivity index (χ3v) is 0.602. The van der Waals surface area contributed by atoms with Crippen molar-refractivity contribution >= 4 is 0 Å². The molecule has 0 heterocycles. The SMILES string of the molecule is CC=CC(F)=CC. The number of hydrogen-bond donors (Lipinski definition) is 0. The molecule has 0 nitrogen and oxygen atoms in total. The molecule has 0 N–H and O–H groups in total. The summed E-state index contributed by atoms with van der Waals surface area (Å²) in [5, 5.41) is 0. The highest BCUT2D eigenvalue weighted by molar-refractivity contribution is 5.08. The van der Waals surface area contributed by atoms with Gasteiger partial charge in [-0.2, -0.15) is 0 Å². The van der Waals surface area contributed by atoms with Gasteiger partial charge in [-0.25, -0.2) is 4.39 Å². The van der Waals surface area contributed by atoms with Crippen LogP contribution in [0.3, 0.4) is 0 Å². The van der Waals surface area contributed by atoms with Crippen molar-refractivity contribution in [2.24, 2.45) is 0 Å². The molecule has 0 aromatic carbocycles. The van der Waals surface area contributed by atoms with Crippen LogP contribution in [0.1, 0.15) is 13.8 Å². The van der Waals surface area contributed by atoms with Crippen LogP contribution < -0.4 is 0 Å². The minimum absolute atomic E-state index is 0.178. The Morgan fingerprint density at radius 2 is 2.00 bits per heavy atom. The van der Waals surface area contributed by atoms with Crippen LogP contribution in [-0.4, -0.2) is 0 Å². The Balaban J connectivity index is 3.58. The van der Waals surface area contributed by atoms with Crippen molar-refractivity contribution in [3.8, 4) is 0 Å². The van der Waals surface area contributed by atoms with Crippen LogP contribution >= 0.6 is 0 Å². The van der Waals surface area contributed by atoms with Gasteiger partial charge in [0, 0.05) is 0 Å². The highest BCUT2D eigenvalue weighted by Gasteiger charge is 1.75. The van der Waals surface area contributed by atoms with Crippen LogP contribution in [0.5, 0.6) is 0 Å². The summed E-state index contributed by atoms with van der Waals surface area (Å²) in [6.07, 6.45) is 4.50. The second kappa shape index (κ2) is 3.59. The first-order chi connectivity index (χ1) is 3.31. The van der Waals surface area contributed by atoms with E-state index in [2.05, 4.69) is 0 Å². The predicted molar refractivity (Wildman–Crippen MR) is 29.7 cm³/mol. The van der Waals surface area contributed by atoms with Crippen molar-refractivity contribution in [3.63, 3.8) is 0 Å². The molecule has 7 heavy (non-hydrogen) atoms. The van der Waals surface area contributed by atoms with E-state index in [9.17, 15) is 4.39 Å². The summed E-state index contributed by atoms with van der Waals surface area (Å²) in [4.78, 5) is 0. The number of halogens is 1. The molecule has 0 aromatic heterocycles. The first-order valence-corrected chi connectivity index (χ1v) is 2.25. The molecule has 0 aliphatic rings. The van der Waals surface area contributed by atoms with E-state index in [-0.39, 0.29) is 5.83 Å².